The maximum atomic E-state index is 5.53. The SMILES string of the molecule is Cc1cc2cn[nH]c2cc1C1CCN([C@H]2CCOC2)CC1. The van der Waals surface area contributed by atoms with Crippen molar-refractivity contribution in [3.8, 4) is 0 Å². The first-order valence-electron chi connectivity index (χ1n) is 8.06. The molecule has 2 aliphatic rings. The van der Waals surface area contributed by atoms with Gasteiger partial charge < -0.3 is 4.74 Å². The summed E-state index contributed by atoms with van der Waals surface area (Å²) in [6.45, 7) is 6.53. The molecule has 1 aromatic heterocycles. The van der Waals surface area contributed by atoms with Crippen LogP contribution in [0.2, 0.25) is 0 Å². The second-order valence-electron chi connectivity index (χ2n) is 6.49. The highest BCUT2D eigenvalue weighted by atomic mass is 16.5. The molecule has 0 amide bonds. The van der Waals surface area contributed by atoms with E-state index in [4.69, 9.17) is 4.74 Å². The van der Waals surface area contributed by atoms with Crippen molar-refractivity contribution in [2.45, 2.75) is 38.1 Å². The van der Waals surface area contributed by atoms with E-state index in [-0.39, 0.29) is 0 Å². The van der Waals surface area contributed by atoms with Crippen LogP contribution in [0.15, 0.2) is 18.3 Å². The first-order valence-corrected chi connectivity index (χ1v) is 8.06. The van der Waals surface area contributed by atoms with E-state index < -0.39 is 0 Å². The molecule has 21 heavy (non-hydrogen) atoms. The lowest BCUT2D eigenvalue weighted by atomic mass is 9.86. The number of aryl methyl sites for hydroxylation is 1. The van der Waals surface area contributed by atoms with E-state index in [9.17, 15) is 0 Å². The van der Waals surface area contributed by atoms with Gasteiger partial charge in [0.2, 0.25) is 0 Å². The molecule has 2 aromatic rings. The zero-order valence-corrected chi connectivity index (χ0v) is 12.6. The van der Waals surface area contributed by atoms with Crippen LogP contribution in [-0.4, -0.2) is 47.4 Å². The largest absolute Gasteiger partial charge is 0.380 e. The standard InChI is InChI=1S/C17H23N3O/c1-12-8-14-10-18-19-17(14)9-16(12)13-2-5-20(6-3-13)15-4-7-21-11-15/h8-10,13,15H,2-7,11H2,1H3,(H,18,19)/t15-/m0/s1. The Morgan fingerprint density at radius 2 is 2.10 bits per heavy atom. The Balaban J connectivity index is 1.50. The van der Waals surface area contributed by atoms with Crippen molar-refractivity contribution in [3.63, 3.8) is 0 Å². The Morgan fingerprint density at radius 1 is 1.24 bits per heavy atom. The Hall–Kier alpha value is -1.39. The molecule has 2 saturated heterocycles. The van der Waals surface area contributed by atoms with E-state index in [0.29, 0.717) is 12.0 Å². The highest BCUT2D eigenvalue weighted by molar-refractivity contribution is 5.79. The summed E-state index contributed by atoms with van der Waals surface area (Å²) in [5, 5.41) is 8.47. The fraction of sp³-hybridized carbons (Fsp3) is 0.588. The van der Waals surface area contributed by atoms with Crippen LogP contribution in [0.4, 0.5) is 0 Å². The molecule has 0 aliphatic carbocycles. The van der Waals surface area contributed by atoms with Crippen molar-refractivity contribution in [2.24, 2.45) is 0 Å². The van der Waals surface area contributed by atoms with Crippen LogP contribution in [0.1, 0.15) is 36.3 Å². The van der Waals surface area contributed by atoms with Gasteiger partial charge in [0.1, 0.15) is 0 Å². The van der Waals surface area contributed by atoms with Gasteiger partial charge in [-0.1, -0.05) is 0 Å². The number of ether oxygens (including phenoxy) is 1. The van der Waals surface area contributed by atoms with E-state index in [2.05, 4.69) is 34.2 Å². The van der Waals surface area contributed by atoms with Crippen molar-refractivity contribution in [3.05, 3.63) is 29.5 Å². The number of nitrogens with one attached hydrogen (secondary N) is 1. The molecule has 0 spiro atoms. The molecule has 4 nitrogen and oxygen atoms in total. The van der Waals surface area contributed by atoms with Crippen molar-refractivity contribution in [1.29, 1.82) is 0 Å². The normalized spacial score (nSPS) is 24.9. The number of benzene rings is 1. The molecule has 3 heterocycles. The smallest absolute Gasteiger partial charge is 0.0653 e. The van der Waals surface area contributed by atoms with Crippen LogP contribution in [0.3, 0.4) is 0 Å². The monoisotopic (exact) mass is 285 g/mol. The summed E-state index contributed by atoms with van der Waals surface area (Å²) in [6, 6.07) is 5.25. The van der Waals surface area contributed by atoms with Crippen LogP contribution in [-0.2, 0) is 4.74 Å². The first kappa shape index (κ1) is 13.3. The summed E-state index contributed by atoms with van der Waals surface area (Å²) in [7, 11) is 0. The molecular weight excluding hydrogens is 262 g/mol. The maximum Gasteiger partial charge on any atom is 0.0653 e. The minimum absolute atomic E-state index is 0.669. The lowest BCUT2D eigenvalue weighted by molar-refractivity contribution is 0.122. The number of aromatic nitrogens is 2. The molecular formula is C17H23N3O. The number of piperidine rings is 1. The number of H-pyrrole nitrogens is 1. The van der Waals surface area contributed by atoms with Gasteiger partial charge in [-0.25, -0.2) is 0 Å². The first-order chi connectivity index (χ1) is 10.3. The fourth-order valence-corrected chi connectivity index (χ4v) is 3.95. The van der Waals surface area contributed by atoms with Crippen LogP contribution < -0.4 is 0 Å². The molecule has 0 bridgehead atoms. The molecule has 1 atom stereocenters. The number of hydrogen-bond donors (Lipinski definition) is 1. The lowest BCUT2D eigenvalue weighted by Gasteiger charge is -2.36. The summed E-state index contributed by atoms with van der Waals surface area (Å²) in [6.07, 6.45) is 5.65. The number of nitrogens with zero attached hydrogens (tertiary/aromatic N) is 2. The van der Waals surface area contributed by atoms with Crippen LogP contribution in [0.25, 0.3) is 10.9 Å². The van der Waals surface area contributed by atoms with Crippen molar-refractivity contribution < 1.29 is 4.74 Å². The molecule has 0 saturated carbocycles. The van der Waals surface area contributed by atoms with E-state index >= 15 is 0 Å². The van der Waals surface area contributed by atoms with Gasteiger partial charge in [-0.15, -0.1) is 0 Å². The molecule has 2 aliphatic heterocycles. The average Bonchev–Trinajstić information content (AvgIpc) is 3.17. The minimum Gasteiger partial charge on any atom is -0.380 e. The molecule has 0 unspecified atom stereocenters. The molecule has 4 heteroatoms. The van der Waals surface area contributed by atoms with Gasteiger partial charge in [0.15, 0.2) is 0 Å². The van der Waals surface area contributed by atoms with E-state index in [1.165, 1.54) is 54.4 Å². The predicted octanol–water partition coefficient (Wildman–Crippen LogP) is 2.84. The van der Waals surface area contributed by atoms with E-state index in [1.54, 1.807) is 0 Å². The van der Waals surface area contributed by atoms with Crippen molar-refractivity contribution in [2.75, 3.05) is 26.3 Å². The van der Waals surface area contributed by atoms with E-state index in [0.717, 1.165) is 13.2 Å². The van der Waals surface area contributed by atoms with Gasteiger partial charge in [0.25, 0.3) is 0 Å². The van der Waals surface area contributed by atoms with Crippen LogP contribution in [0.5, 0.6) is 0 Å². The molecule has 112 valence electrons. The zero-order chi connectivity index (χ0) is 14.2. The molecule has 1 N–H and O–H groups in total. The van der Waals surface area contributed by atoms with Gasteiger partial charge in [-0.3, -0.25) is 10.00 Å². The molecule has 2 fully saturated rings. The summed E-state index contributed by atoms with van der Waals surface area (Å²) >= 11 is 0. The highest BCUT2D eigenvalue weighted by Gasteiger charge is 2.28. The maximum absolute atomic E-state index is 5.53. The highest BCUT2D eigenvalue weighted by Crippen LogP contribution is 2.33. The van der Waals surface area contributed by atoms with Gasteiger partial charge in [-0.05, 0) is 68.5 Å². The Kier molecular flexibility index (Phi) is 3.43. The van der Waals surface area contributed by atoms with Gasteiger partial charge >= 0.3 is 0 Å². The minimum atomic E-state index is 0.669. The lowest BCUT2D eigenvalue weighted by Crippen LogP contribution is -2.41. The third-order valence-electron chi connectivity index (χ3n) is 5.22. The Labute approximate surface area is 125 Å². The van der Waals surface area contributed by atoms with Gasteiger partial charge in [0.05, 0.1) is 18.3 Å². The zero-order valence-electron chi connectivity index (χ0n) is 12.6. The van der Waals surface area contributed by atoms with Crippen molar-refractivity contribution >= 4 is 10.9 Å². The van der Waals surface area contributed by atoms with Gasteiger partial charge in [-0.2, -0.15) is 5.10 Å². The Bertz CT molecular complexity index is 622. The summed E-state index contributed by atoms with van der Waals surface area (Å²) in [5.74, 6) is 0.691. The summed E-state index contributed by atoms with van der Waals surface area (Å²) in [4.78, 5) is 2.63. The fourth-order valence-electron chi connectivity index (χ4n) is 3.95. The molecule has 1 aromatic carbocycles. The number of likely N-dealkylation sites (tertiary alicyclic amines) is 1. The molecule has 0 radical (unpaired) electrons. The number of hydrogen-bond acceptors (Lipinski definition) is 3. The third-order valence-corrected chi connectivity index (χ3v) is 5.22. The second kappa shape index (κ2) is 5.43. The average molecular weight is 285 g/mol. The molecule has 4 rings (SSSR count). The Morgan fingerprint density at radius 3 is 2.86 bits per heavy atom. The van der Waals surface area contributed by atoms with Crippen LogP contribution >= 0.6 is 0 Å². The van der Waals surface area contributed by atoms with Crippen LogP contribution in [0, 0.1) is 6.92 Å². The van der Waals surface area contributed by atoms with Gasteiger partial charge in [0, 0.05) is 18.0 Å². The second-order valence-corrected chi connectivity index (χ2v) is 6.49. The van der Waals surface area contributed by atoms with Crippen molar-refractivity contribution in [1.82, 2.24) is 15.1 Å². The number of fused-ring (bicyclic) bond motifs is 1. The number of rotatable bonds is 2. The van der Waals surface area contributed by atoms with E-state index in [1.807, 2.05) is 6.20 Å². The topological polar surface area (TPSA) is 41.2 Å². The predicted molar refractivity (Wildman–Crippen MR) is 83.6 cm³/mol. The third kappa shape index (κ3) is 2.47. The number of aromatic amines is 1. The summed E-state index contributed by atoms with van der Waals surface area (Å²) < 4.78 is 5.53. The quantitative estimate of drug-likeness (QED) is 0.922. The summed E-state index contributed by atoms with van der Waals surface area (Å²) in [5.41, 5.74) is 4.09.